The quantitative estimate of drug-likeness (QED) is 0.503. The summed E-state index contributed by atoms with van der Waals surface area (Å²) in [5.74, 6) is 0.619. The van der Waals surface area contributed by atoms with Crippen LogP contribution in [0, 0.1) is 0 Å². The number of hydrogen-bond donors (Lipinski definition) is 2. The molecule has 0 amide bonds. The molecule has 2 aromatic carbocycles. The van der Waals surface area contributed by atoms with E-state index in [1.807, 2.05) is 24.3 Å². The second-order valence-electron chi connectivity index (χ2n) is 8.13. The molecule has 0 bridgehead atoms. The van der Waals surface area contributed by atoms with Crippen LogP contribution >= 0.6 is 0 Å². The molecule has 170 valence electrons. The minimum Gasteiger partial charge on any atom is -0.373 e. The zero-order valence-electron chi connectivity index (χ0n) is 18.4. The lowest BCUT2D eigenvalue weighted by Gasteiger charge is -2.35. The molecule has 2 unspecified atom stereocenters. The van der Waals surface area contributed by atoms with Crippen molar-refractivity contribution in [2.75, 3.05) is 36.2 Å². The van der Waals surface area contributed by atoms with Crippen LogP contribution in [-0.2, 0) is 14.8 Å². The van der Waals surface area contributed by atoms with Gasteiger partial charge in [-0.2, -0.15) is 0 Å². The maximum Gasteiger partial charge on any atom is 0.263 e. The van der Waals surface area contributed by atoms with Crippen molar-refractivity contribution < 1.29 is 13.2 Å². The normalized spacial score (nSPS) is 19.7. The van der Waals surface area contributed by atoms with Gasteiger partial charge in [0.25, 0.3) is 10.0 Å². The Hall–Kier alpha value is -2.75. The number of aromatic nitrogens is 2. The fourth-order valence-electron chi connectivity index (χ4n) is 3.96. The Labute approximate surface area is 189 Å². The molecule has 1 fully saturated rings. The summed E-state index contributed by atoms with van der Waals surface area (Å²) < 4.78 is 34.1. The molecule has 1 aliphatic rings. The Balaban J connectivity index is 1.48. The van der Waals surface area contributed by atoms with Gasteiger partial charge in [0.05, 0.1) is 28.1 Å². The van der Waals surface area contributed by atoms with Gasteiger partial charge in [0.1, 0.15) is 0 Å². The van der Waals surface area contributed by atoms with Gasteiger partial charge >= 0.3 is 0 Å². The number of para-hydroxylation sites is 2. The molecule has 1 saturated heterocycles. The highest BCUT2D eigenvalue weighted by Crippen LogP contribution is 2.24. The second kappa shape index (κ2) is 9.81. The van der Waals surface area contributed by atoms with Crippen LogP contribution in [0.1, 0.15) is 20.3 Å². The molecule has 1 aromatic heterocycles. The Morgan fingerprint density at radius 2 is 1.53 bits per heavy atom. The lowest BCUT2D eigenvalue weighted by atomic mass is 10.2. The molecular formula is C23H29N5O3S. The van der Waals surface area contributed by atoms with Crippen LogP contribution in [0.4, 0.5) is 11.6 Å². The number of rotatable bonds is 8. The zero-order chi connectivity index (χ0) is 22.6. The minimum absolute atomic E-state index is 0.177. The molecule has 4 rings (SSSR count). The van der Waals surface area contributed by atoms with E-state index in [0.717, 1.165) is 26.1 Å². The maximum absolute atomic E-state index is 12.9. The van der Waals surface area contributed by atoms with Gasteiger partial charge in [0.15, 0.2) is 11.6 Å². The number of anilines is 2. The Bertz CT molecular complexity index is 1150. The molecule has 2 heterocycles. The predicted octanol–water partition coefficient (Wildman–Crippen LogP) is 3.34. The minimum atomic E-state index is -3.78. The van der Waals surface area contributed by atoms with Crippen molar-refractivity contribution in [2.24, 2.45) is 0 Å². The zero-order valence-corrected chi connectivity index (χ0v) is 19.2. The standard InChI is InChI=1S/C23H29N5O3S/c1-17-15-28(16-18(2)31-17)14-8-13-24-22-23(26-21-12-7-6-11-20(21)25-22)27-32(29,30)19-9-4-3-5-10-19/h3-7,9-12,17-18H,8,13-16H2,1-2H3,(H,24,25)(H,26,27). The molecule has 2 N–H and O–H groups in total. The van der Waals surface area contributed by atoms with Crippen LogP contribution in [0.5, 0.6) is 0 Å². The first-order valence-electron chi connectivity index (χ1n) is 10.9. The number of nitrogens with one attached hydrogen (secondary N) is 2. The van der Waals surface area contributed by atoms with Gasteiger partial charge in [-0.05, 0) is 44.5 Å². The lowest BCUT2D eigenvalue weighted by molar-refractivity contribution is -0.0678. The largest absolute Gasteiger partial charge is 0.373 e. The van der Waals surface area contributed by atoms with Crippen molar-refractivity contribution in [1.82, 2.24) is 14.9 Å². The summed E-state index contributed by atoms with van der Waals surface area (Å²) in [5, 5.41) is 3.28. The molecular weight excluding hydrogens is 426 g/mol. The van der Waals surface area contributed by atoms with E-state index in [1.165, 1.54) is 0 Å². The number of hydrogen-bond acceptors (Lipinski definition) is 7. The van der Waals surface area contributed by atoms with E-state index < -0.39 is 10.0 Å². The number of ether oxygens (including phenoxy) is 1. The smallest absolute Gasteiger partial charge is 0.263 e. The summed E-state index contributed by atoms with van der Waals surface area (Å²) in [6, 6.07) is 15.7. The van der Waals surface area contributed by atoms with E-state index in [0.29, 0.717) is 23.4 Å². The Kier molecular flexibility index (Phi) is 6.88. The number of fused-ring (bicyclic) bond motifs is 1. The summed E-state index contributed by atoms with van der Waals surface area (Å²) in [4.78, 5) is 11.7. The van der Waals surface area contributed by atoms with Crippen molar-refractivity contribution in [3.63, 3.8) is 0 Å². The van der Waals surface area contributed by atoms with Crippen LogP contribution in [0.2, 0.25) is 0 Å². The topological polar surface area (TPSA) is 96.5 Å². The van der Waals surface area contributed by atoms with Gasteiger partial charge in [0.2, 0.25) is 0 Å². The molecule has 32 heavy (non-hydrogen) atoms. The summed E-state index contributed by atoms with van der Waals surface area (Å²) in [7, 11) is -3.78. The van der Waals surface area contributed by atoms with Crippen molar-refractivity contribution >= 4 is 32.7 Å². The second-order valence-corrected chi connectivity index (χ2v) is 9.81. The van der Waals surface area contributed by atoms with Gasteiger partial charge in [-0.25, -0.2) is 18.4 Å². The fraction of sp³-hybridized carbons (Fsp3) is 0.391. The van der Waals surface area contributed by atoms with Crippen LogP contribution in [0.25, 0.3) is 11.0 Å². The molecule has 2 atom stereocenters. The van der Waals surface area contributed by atoms with Gasteiger partial charge in [0, 0.05) is 26.2 Å². The van der Waals surface area contributed by atoms with E-state index in [9.17, 15) is 8.42 Å². The van der Waals surface area contributed by atoms with E-state index in [2.05, 4.69) is 38.8 Å². The van der Waals surface area contributed by atoms with E-state index in [4.69, 9.17) is 4.74 Å². The molecule has 0 saturated carbocycles. The van der Waals surface area contributed by atoms with Crippen molar-refractivity contribution in [1.29, 1.82) is 0 Å². The first-order chi connectivity index (χ1) is 15.4. The van der Waals surface area contributed by atoms with Crippen LogP contribution in [0.3, 0.4) is 0 Å². The van der Waals surface area contributed by atoms with Crippen LogP contribution in [-0.4, -0.2) is 61.7 Å². The lowest BCUT2D eigenvalue weighted by Crippen LogP contribution is -2.45. The fourth-order valence-corrected chi connectivity index (χ4v) is 4.99. The molecule has 8 nitrogen and oxygen atoms in total. The third-order valence-corrected chi connectivity index (χ3v) is 6.65. The Morgan fingerprint density at radius 3 is 2.19 bits per heavy atom. The van der Waals surface area contributed by atoms with Crippen molar-refractivity contribution in [3.8, 4) is 0 Å². The number of nitrogens with zero attached hydrogens (tertiary/aromatic N) is 3. The van der Waals surface area contributed by atoms with Crippen molar-refractivity contribution in [3.05, 3.63) is 54.6 Å². The van der Waals surface area contributed by atoms with Crippen LogP contribution in [0.15, 0.2) is 59.5 Å². The first-order valence-corrected chi connectivity index (χ1v) is 12.4. The average Bonchev–Trinajstić information content (AvgIpc) is 2.76. The van der Waals surface area contributed by atoms with E-state index in [1.54, 1.807) is 30.3 Å². The third-order valence-electron chi connectivity index (χ3n) is 5.29. The molecule has 9 heteroatoms. The molecule has 0 spiro atoms. The predicted molar refractivity (Wildman–Crippen MR) is 126 cm³/mol. The van der Waals surface area contributed by atoms with Gasteiger partial charge in [-0.1, -0.05) is 30.3 Å². The maximum atomic E-state index is 12.9. The number of morpholine rings is 1. The number of sulfonamides is 1. The average molecular weight is 456 g/mol. The molecule has 0 aliphatic carbocycles. The van der Waals surface area contributed by atoms with Crippen LogP contribution < -0.4 is 10.0 Å². The van der Waals surface area contributed by atoms with Gasteiger partial charge in [-0.3, -0.25) is 9.62 Å². The summed E-state index contributed by atoms with van der Waals surface area (Å²) in [6.07, 6.45) is 1.35. The highest BCUT2D eigenvalue weighted by atomic mass is 32.2. The summed E-state index contributed by atoms with van der Waals surface area (Å²) in [5.41, 5.74) is 1.33. The highest BCUT2D eigenvalue weighted by Gasteiger charge is 2.22. The SMILES string of the molecule is CC1CN(CCCNc2nc3ccccc3nc2NS(=O)(=O)c2ccccc2)CC(C)O1. The van der Waals surface area contributed by atoms with E-state index >= 15 is 0 Å². The summed E-state index contributed by atoms with van der Waals surface area (Å²) >= 11 is 0. The Morgan fingerprint density at radius 1 is 0.938 bits per heavy atom. The third kappa shape index (κ3) is 5.53. The van der Waals surface area contributed by atoms with Gasteiger partial charge in [-0.15, -0.1) is 0 Å². The first kappa shape index (κ1) is 22.4. The molecule has 3 aromatic rings. The van der Waals surface area contributed by atoms with E-state index in [-0.39, 0.29) is 22.9 Å². The molecule has 0 radical (unpaired) electrons. The highest BCUT2D eigenvalue weighted by molar-refractivity contribution is 7.92. The number of benzene rings is 2. The summed E-state index contributed by atoms with van der Waals surface area (Å²) in [6.45, 7) is 7.60. The molecule has 1 aliphatic heterocycles. The van der Waals surface area contributed by atoms with Crippen molar-refractivity contribution in [2.45, 2.75) is 37.4 Å². The van der Waals surface area contributed by atoms with Gasteiger partial charge < -0.3 is 10.1 Å². The monoisotopic (exact) mass is 455 g/mol.